The molecule has 2 bridgehead atoms. The smallest absolute Gasteiger partial charge is 0.0410 e. The zero-order chi connectivity index (χ0) is 10.6. The lowest BCUT2D eigenvalue weighted by molar-refractivity contribution is -0.0499. The molecule has 1 heteroatoms. The molecule has 0 spiro atoms. The second-order valence-corrected chi connectivity index (χ2v) is 5.66. The lowest BCUT2D eigenvalue weighted by Gasteiger charge is -2.62. The van der Waals surface area contributed by atoms with E-state index in [-0.39, 0.29) is 5.54 Å². The predicted molar refractivity (Wildman–Crippen MR) is 60.9 cm³/mol. The summed E-state index contributed by atoms with van der Waals surface area (Å²) in [6.45, 7) is 10.8. The molecule has 0 unspecified atom stereocenters. The summed E-state index contributed by atoms with van der Waals surface area (Å²) >= 11 is 0. The number of hydrogen-bond acceptors (Lipinski definition) is 1. The Hall–Kier alpha value is -0.560. The maximum atomic E-state index is 6.47. The van der Waals surface area contributed by atoms with E-state index >= 15 is 0 Å². The van der Waals surface area contributed by atoms with Crippen LogP contribution in [-0.2, 0) is 0 Å². The van der Waals surface area contributed by atoms with Crippen LogP contribution >= 0.6 is 0 Å². The summed E-state index contributed by atoms with van der Waals surface area (Å²) in [6, 6.07) is 0. The van der Waals surface area contributed by atoms with Gasteiger partial charge in [0, 0.05) is 5.54 Å². The van der Waals surface area contributed by atoms with Crippen molar-refractivity contribution in [1.29, 1.82) is 0 Å². The number of hydrogen-bond donors (Lipinski definition) is 1. The quantitative estimate of drug-likeness (QED) is 0.667. The fourth-order valence-electron chi connectivity index (χ4n) is 3.69. The molecular formula is C13H21N. The molecule has 3 rings (SSSR count). The van der Waals surface area contributed by atoms with Gasteiger partial charge in [-0.3, -0.25) is 0 Å². The molecular weight excluding hydrogens is 170 g/mol. The number of nitrogens with two attached hydrogens (primary N) is 1. The normalized spacial score (nSPS) is 43.9. The van der Waals surface area contributed by atoms with Gasteiger partial charge in [0.2, 0.25) is 0 Å². The molecule has 2 N–H and O–H groups in total. The molecule has 1 saturated carbocycles. The van der Waals surface area contributed by atoms with Gasteiger partial charge < -0.3 is 5.73 Å². The molecule has 0 amide bonds. The summed E-state index contributed by atoms with van der Waals surface area (Å²) < 4.78 is 0. The van der Waals surface area contributed by atoms with Crippen molar-refractivity contribution in [2.24, 2.45) is 23.0 Å². The first-order chi connectivity index (χ1) is 6.42. The zero-order valence-electron chi connectivity index (χ0n) is 9.51. The molecule has 0 radical (unpaired) electrons. The zero-order valence-corrected chi connectivity index (χ0v) is 9.51. The molecule has 0 saturated heterocycles. The highest BCUT2D eigenvalue weighted by molar-refractivity contribution is 5.32. The van der Waals surface area contributed by atoms with Crippen molar-refractivity contribution >= 4 is 0 Å². The highest BCUT2D eigenvalue weighted by Gasteiger charge is 2.58. The Labute approximate surface area is 87.1 Å². The first kappa shape index (κ1) is 9.97. The van der Waals surface area contributed by atoms with Gasteiger partial charge in [-0.2, -0.15) is 0 Å². The summed E-state index contributed by atoms with van der Waals surface area (Å²) in [6.07, 6.45) is 6.43. The Bertz CT molecular complexity index is 300. The number of fused-ring (bicyclic) bond motifs is 1. The largest absolute Gasteiger partial charge is 0.321 e. The molecule has 0 aliphatic heterocycles. The average molecular weight is 191 g/mol. The van der Waals surface area contributed by atoms with Gasteiger partial charge in [-0.05, 0) is 37.0 Å². The second kappa shape index (κ2) is 2.73. The van der Waals surface area contributed by atoms with E-state index in [0.29, 0.717) is 11.3 Å². The van der Waals surface area contributed by atoms with Crippen LogP contribution in [0.3, 0.4) is 0 Å². The minimum Gasteiger partial charge on any atom is -0.321 e. The van der Waals surface area contributed by atoms with Gasteiger partial charge in [0.25, 0.3) is 0 Å². The molecule has 0 aromatic carbocycles. The van der Waals surface area contributed by atoms with Crippen LogP contribution in [0.25, 0.3) is 0 Å². The van der Waals surface area contributed by atoms with Gasteiger partial charge in [0.1, 0.15) is 0 Å². The third-order valence-corrected chi connectivity index (χ3v) is 4.46. The Balaban J connectivity index is 2.37. The van der Waals surface area contributed by atoms with Gasteiger partial charge in [0.05, 0.1) is 0 Å². The summed E-state index contributed by atoms with van der Waals surface area (Å²) in [4.78, 5) is 0. The van der Waals surface area contributed by atoms with E-state index in [2.05, 4.69) is 33.4 Å². The fourth-order valence-corrected chi connectivity index (χ4v) is 3.69. The predicted octanol–water partition coefficient (Wildman–Crippen LogP) is 2.88. The van der Waals surface area contributed by atoms with Crippen LogP contribution < -0.4 is 5.73 Å². The van der Waals surface area contributed by atoms with Crippen LogP contribution in [0.2, 0.25) is 0 Å². The van der Waals surface area contributed by atoms with Gasteiger partial charge in [-0.25, -0.2) is 0 Å². The van der Waals surface area contributed by atoms with Crippen LogP contribution in [0.5, 0.6) is 0 Å². The molecule has 1 fully saturated rings. The van der Waals surface area contributed by atoms with Crippen LogP contribution in [0.4, 0.5) is 0 Å². The Kier molecular flexibility index (Phi) is 1.94. The summed E-state index contributed by atoms with van der Waals surface area (Å²) in [5.74, 6) is 1.41. The third kappa shape index (κ3) is 1.05. The van der Waals surface area contributed by atoms with Crippen molar-refractivity contribution in [3.8, 4) is 0 Å². The van der Waals surface area contributed by atoms with Crippen LogP contribution in [0, 0.1) is 17.3 Å². The maximum absolute atomic E-state index is 6.47. The summed E-state index contributed by atoms with van der Waals surface area (Å²) in [5, 5.41) is 0. The highest BCUT2D eigenvalue weighted by atomic mass is 14.8. The SMILES string of the molecule is C=CC[C@]1(N)C=C(C)[C@@H]2C[C@H]1C2(C)C. The number of allylic oxidation sites excluding steroid dienone is 1. The lowest BCUT2D eigenvalue weighted by atomic mass is 9.43. The Morgan fingerprint density at radius 2 is 2.29 bits per heavy atom. The second-order valence-electron chi connectivity index (χ2n) is 5.66. The molecule has 3 atom stereocenters. The molecule has 0 heterocycles. The summed E-state index contributed by atoms with van der Waals surface area (Å²) in [7, 11) is 0. The van der Waals surface area contributed by atoms with E-state index in [1.54, 1.807) is 0 Å². The van der Waals surface area contributed by atoms with E-state index in [1.807, 2.05) is 6.08 Å². The topological polar surface area (TPSA) is 26.0 Å². The molecule has 0 aromatic heterocycles. The van der Waals surface area contributed by atoms with Crippen molar-refractivity contribution < 1.29 is 0 Å². The standard InChI is InChI=1S/C13H21N/c1-5-6-13(14)8-9(2)10-7-11(13)12(10,3)4/h5,8,10-11H,1,6-7,14H2,2-4H3/t10-,11-,13-/m0/s1. The van der Waals surface area contributed by atoms with Crippen molar-refractivity contribution in [3.63, 3.8) is 0 Å². The van der Waals surface area contributed by atoms with Crippen molar-refractivity contribution in [2.75, 3.05) is 0 Å². The minimum atomic E-state index is -0.121. The lowest BCUT2D eigenvalue weighted by Crippen LogP contribution is -2.63. The fraction of sp³-hybridized carbons (Fsp3) is 0.692. The first-order valence-electron chi connectivity index (χ1n) is 5.51. The van der Waals surface area contributed by atoms with Crippen molar-refractivity contribution in [3.05, 3.63) is 24.3 Å². The van der Waals surface area contributed by atoms with E-state index in [1.165, 1.54) is 12.0 Å². The molecule has 0 aromatic rings. The van der Waals surface area contributed by atoms with Gasteiger partial charge >= 0.3 is 0 Å². The summed E-state index contributed by atoms with van der Waals surface area (Å²) in [5.41, 5.74) is 8.24. The Morgan fingerprint density at radius 3 is 2.71 bits per heavy atom. The monoisotopic (exact) mass is 191 g/mol. The van der Waals surface area contributed by atoms with Crippen LogP contribution in [0.15, 0.2) is 24.3 Å². The molecule has 3 aliphatic carbocycles. The first-order valence-corrected chi connectivity index (χ1v) is 5.51. The van der Waals surface area contributed by atoms with Gasteiger partial charge in [0.15, 0.2) is 0 Å². The van der Waals surface area contributed by atoms with E-state index in [0.717, 1.165) is 12.3 Å². The van der Waals surface area contributed by atoms with Gasteiger partial charge in [-0.15, -0.1) is 6.58 Å². The molecule has 78 valence electrons. The van der Waals surface area contributed by atoms with Crippen LogP contribution in [0.1, 0.15) is 33.6 Å². The number of rotatable bonds is 2. The molecule has 1 nitrogen and oxygen atoms in total. The van der Waals surface area contributed by atoms with Crippen molar-refractivity contribution in [2.45, 2.75) is 39.2 Å². The average Bonchev–Trinajstić information content (AvgIpc) is 2.01. The Morgan fingerprint density at radius 1 is 1.64 bits per heavy atom. The van der Waals surface area contributed by atoms with Crippen molar-refractivity contribution in [1.82, 2.24) is 0 Å². The minimum absolute atomic E-state index is 0.121. The van der Waals surface area contributed by atoms with E-state index in [4.69, 9.17) is 5.73 Å². The van der Waals surface area contributed by atoms with E-state index in [9.17, 15) is 0 Å². The molecule has 14 heavy (non-hydrogen) atoms. The maximum Gasteiger partial charge on any atom is 0.0410 e. The highest BCUT2D eigenvalue weighted by Crippen LogP contribution is 2.62. The third-order valence-electron chi connectivity index (χ3n) is 4.46. The molecule has 3 aliphatic rings. The van der Waals surface area contributed by atoms with E-state index < -0.39 is 0 Å². The van der Waals surface area contributed by atoms with Crippen LogP contribution in [-0.4, -0.2) is 5.54 Å². The van der Waals surface area contributed by atoms with Gasteiger partial charge in [-0.1, -0.05) is 31.6 Å².